The average Bonchev–Trinajstić information content (AvgIpc) is 2.86. The molecule has 0 saturated carbocycles. The van der Waals surface area contributed by atoms with Gasteiger partial charge in [-0.1, -0.05) is 54.6 Å². The maximum Gasteiger partial charge on any atom is 0.266 e. The number of carbonyl (C=O) groups excluding carboxylic acids is 1. The summed E-state index contributed by atoms with van der Waals surface area (Å²) in [6.45, 7) is 6.34. The molecular formula is C28H28ClN3O2. The van der Waals surface area contributed by atoms with Crippen molar-refractivity contribution in [1.29, 1.82) is 0 Å². The first-order valence-electron chi connectivity index (χ1n) is 11.4. The third-order valence-electron chi connectivity index (χ3n) is 6.17. The van der Waals surface area contributed by atoms with E-state index >= 15 is 0 Å². The highest BCUT2D eigenvalue weighted by Crippen LogP contribution is 2.25. The lowest BCUT2D eigenvalue weighted by Gasteiger charge is -2.30. The predicted molar refractivity (Wildman–Crippen MR) is 138 cm³/mol. The summed E-state index contributed by atoms with van der Waals surface area (Å²) in [5, 5.41) is 0.541. The molecule has 0 spiro atoms. The van der Waals surface area contributed by atoms with E-state index in [2.05, 4.69) is 0 Å². The van der Waals surface area contributed by atoms with Crippen LogP contribution in [0.3, 0.4) is 0 Å². The zero-order valence-electron chi connectivity index (χ0n) is 19.7. The summed E-state index contributed by atoms with van der Waals surface area (Å²) >= 11 is 6.01. The molecule has 0 aliphatic rings. The zero-order valence-corrected chi connectivity index (χ0v) is 20.4. The van der Waals surface area contributed by atoms with Gasteiger partial charge in [0.1, 0.15) is 11.7 Å². The summed E-state index contributed by atoms with van der Waals surface area (Å²) in [6, 6.07) is 22.9. The lowest BCUT2D eigenvalue weighted by molar-refractivity contribution is -0.130. The Kier molecular flexibility index (Phi) is 7.13. The normalized spacial score (nSPS) is 12.0. The number of hydrogen-bond donors (Lipinski definition) is 0. The number of halogens is 1. The van der Waals surface area contributed by atoms with Crippen molar-refractivity contribution in [3.63, 3.8) is 0 Å². The Morgan fingerprint density at radius 3 is 2.47 bits per heavy atom. The van der Waals surface area contributed by atoms with Gasteiger partial charge < -0.3 is 4.90 Å². The Hall–Kier alpha value is -3.44. The number of rotatable bonds is 7. The molecule has 34 heavy (non-hydrogen) atoms. The van der Waals surface area contributed by atoms with Crippen LogP contribution in [0, 0.1) is 13.8 Å². The largest absolute Gasteiger partial charge is 0.331 e. The number of amides is 1. The van der Waals surface area contributed by atoms with Crippen LogP contribution in [0.25, 0.3) is 16.6 Å². The quantitative estimate of drug-likeness (QED) is 0.339. The molecule has 4 aromatic rings. The maximum atomic E-state index is 13.8. The molecule has 174 valence electrons. The van der Waals surface area contributed by atoms with Crippen LogP contribution in [0.2, 0.25) is 0 Å². The number of aromatic nitrogens is 2. The van der Waals surface area contributed by atoms with Crippen LogP contribution in [0.4, 0.5) is 0 Å². The summed E-state index contributed by atoms with van der Waals surface area (Å²) in [7, 11) is 0. The molecule has 1 heterocycles. The van der Waals surface area contributed by atoms with Gasteiger partial charge in [0.15, 0.2) is 0 Å². The molecule has 0 saturated heterocycles. The molecule has 5 nitrogen and oxygen atoms in total. The fourth-order valence-electron chi connectivity index (χ4n) is 4.27. The molecule has 1 unspecified atom stereocenters. The molecule has 0 bridgehead atoms. The van der Waals surface area contributed by atoms with Crippen LogP contribution in [0.1, 0.15) is 35.5 Å². The van der Waals surface area contributed by atoms with Gasteiger partial charge in [-0.3, -0.25) is 14.2 Å². The lowest BCUT2D eigenvalue weighted by Crippen LogP contribution is -2.39. The molecule has 3 aromatic carbocycles. The van der Waals surface area contributed by atoms with Crippen LogP contribution in [-0.2, 0) is 11.2 Å². The van der Waals surface area contributed by atoms with Gasteiger partial charge in [-0.05, 0) is 62.1 Å². The Bertz CT molecular complexity index is 1380. The van der Waals surface area contributed by atoms with E-state index in [1.807, 2.05) is 87.5 Å². The van der Waals surface area contributed by atoms with Crippen molar-refractivity contribution >= 4 is 28.4 Å². The number of nitrogens with zero attached hydrogens (tertiary/aromatic N) is 3. The molecular weight excluding hydrogens is 446 g/mol. The first-order chi connectivity index (χ1) is 16.4. The zero-order chi connectivity index (χ0) is 24.2. The molecule has 1 amide bonds. The van der Waals surface area contributed by atoms with E-state index in [1.54, 1.807) is 15.5 Å². The molecule has 0 aliphatic carbocycles. The summed E-state index contributed by atoms with van der Waals surface area (Å²) in [4.78, 5) is 33.3. The molecule has 1 atom stereocenters. The van der Waals surface area contributed by atoms with Gasteiger partial charge in [0.25, 0.3) is 5.56 Å². The number of carbonyl (C=O) groups is 1. The summed E-state index contributed by atoms with van der Waals surface area (Å²) in [6.07, 6.45) is 0.676. The van der Waals surface area contributed by atoms with E-state index in [1.165, 1.54) is 0 Å². The Balaban J connectivity index is 1.87. The van der Waals surface area contributed by atoms with E-state index < -0.39 is 6.04 Å². The average molecular weight is 474 g/mol. The van der Waals surface area contributed by atoms with Crippen LogP contribution in [0.15, 0.2) is 77.6 Å². The van der Waals surface area contributed by atoms with Crippen molar-refractivity contribution < 1.29 is 4.79 Å². The van der Waals surface area contributed by atoms with Gasteiger partial charge in [-0.25, -0.2) is 4.98 Å². The van der Waals surface area contributed by atoms with E-state index in [0.717, 1.165) is 22.4 Å². The summed E-state index contributed by atoms with van der Waals surface area (Å²) in [5.41, 5.74) is 4.35. The van der Waals surface area contributed by atoms with Gasteiger partial charge in [0.2, 0.25) is 5.91 Å². The third kappa shape index (κ3) is 4.75. The summed E-state index contributed by atoms with van der Waals surface area (Å²) < 4.78 is 1.66. The predicted octanol–water partition coefficient (Wildman–Crippen LogP) is 5.37. The Labute approximate surface area is 204 Å². The van der Waals surface area contributed by atoms with Crippen LogP contribution >= 0.6 is 11.6 Å². The second kappa shape index (κ2) is 10.2. The van der Waals surface area contributed by atoms with Gasteiger partial charge in [0, 0.05) is 6.54 Å². The molecule has 6 heteroatoms. The van der Waals surface area contributed by atoms with E-state index in [4.69, 9.17) is 16.6 Å². The standard InChI is InChI=1S/C28H28ClN3O2/c1-19-13-14-20(2)25(17-19)32-27(30-24-12-8-7-11-23(24)28(32)34)21(3)31(26(33)18-29)16-15-22-9-5-4-6-10-22/h4-14,17,21H,15-16,18H2,1-3H3. The number of hydrogen-bond acceptors (Lipinski definition) is 3. The van der Waals surface area contributed by atoms with Gasteiger partial charge in [0.05, 0.1) is 22.6 Å². The fraction of sp³-hybridized carbons (Fsp3) is 0.250. The molecule has 0 aliphatic heterocycles. The Morgan fingerprint density at radius 2 is 1.74 bits per heavy atom. The van der Waals surface area contributed by atoms with Gasteiger partial charge >= 0.3 is 0 Å². The topological polar surface area (TPSA) is 55.2 Å². The molecule has 0 fully saturated rings. The minimum Gasteiger partial charge on any atom is -0.331 e. The molecule has 0 radical (unpaired) electrons. The number of alkyl halides is 1. The van der Waals surface area contributed by atoms with Crippen LogP contribution in [-0.4, -0.2) is 32.8 Å². The van der Waals surface area contributed by atoms with Gasteiger partial charge in [-0.2, -0.15) is 0 Å². The number of aryl methyl sites for hydroxylation is 2. The van der Waals surface area contributed by atoms with Crippen LogP contribution < -0.4 is 5.56 Å². The molecule has 0 N–H and O–H groups in total. The van der Waals surface area contributed by atoms with Crippen molar-refractivity contribution in [2.45, 2.75) is 33.2 Å². The summed E-state index contributed by atoms with van der Waals surface area (Å²) in [5.74, 6) is 0.185. The Morgan fingerprint density at radius 1 is 1.03 bits per heavy atom. The minimum atomic E-state index is -0.466. The highest BCUT2D eigenvalue weighted by molar-refractivity contribution is 6.27. The second-order valence-corrected chi connectivity index (χ2v) is 8.82. The second-order valence-electron chi connectivity index (χ2n) is 8.55. The van der Waals surface area contributed by atoms with Crippen molar-refractivity contribution in [1.82, 2.24) is 14.5 Å². The first-order valence-corrected chi connectivity index (χ1v) is 11.9. The first kappa shape index (κ1) is 23.7. The fourth-order valence-corrected chi connectivity index (χ4v) is 4.42. The van der Waals surface area contributed by atoms with E-state index in [-0.39, 0.29) is 17.3 Å². The third-order valence-corrected chi connectivity index (χ3v) is 6.40. The SMILES string of the molecule is Cc1ccc(C)c(-n2c(C(C)N(CCc3ccccc3)C(=O)CCl)nc3ccccc3c2=O)c1. The number of fused-ring (bicyclic) bond motifs is 1. The van der Waals surface area contributed by atoms with Crippen molar-refractivity contribution in [2.24, 2.45) is 0 Å². The van der Waals surface area contributed by atoms with E-state index in [0.29, 0.717) is 29.7 Å². The molecule has 1 aromatic heterocycles. The monoisotopic (exact) mass is 473 g/mol. The highest BCUT2D eigenvalue weighted by Gasteiger charge is 2.26. The highest BCUT2D eigenvalue weighted by atomic mass is 35.5. The van der Waals surface area contributed by atoms with Gasteiger partial charge in [-0.15, -0.1) is 11.6 Å². The van der Waals surface area contributed by atoms with Crippen molar-refractivity contribution in [3.8, 4) is 5.69 Å². The van der Waals surface area contributed by atoms with Crippen LogP contribution in [0.5, 0.6) is 0 Å². The van der Waals surface area contributed by atoms with Crippen molar-refractivity contribution in [3.05, 3.63) is 106 Å². The lowest BCUT2D eigenvalue weighted by atomic mass is 10.1. The maximum absolute atomic E-state index is 13.8. The van der Waals surface area contributed by atoms with E-state index in [9.17, 15) is 9.59 Å². The minimum absolute atomic E-state index is 0.138. The number of benzene rings is 3. The van der Waals surface area contributed by atoms with Crippen molar-refractivity contribution in [2.75, 3.05) is 12.4 Å². The smallest absolute Gasteiger partial charge is 0.266 e. The number of para-hydroxylation sites is 1. The molecule has 4 rings (SSSR count).